The molecule has 0 unspecified atom stereocenters. The van der Waals surface area contributed by atoms with Crippen molar-refractivity contribution in [2.45, 2.75) is 31.8 Å². The van der Waals surface area contributed by atoms with Crippen molar-refractivity contribution in [2.75, 3.05) is 7.05 Å². The number of aromatic amines is 1. The highest BCUT2D eigenvalue weighted by Gasteiger charge is 2.23. The lowest BCUT2D eigenvalue weighted by atomic mass is 10.1. The van der Waals surface area contributed by atoms with Gasteiger partial charge in [0.05, 0.1) is 11.4 Å². The Labute approximate surface area is 125 Å². The zero-order valence-corrected chi connectivity index (χ0v) is 13.2. The molecule has 0 atom stereocenters. The number of nitrogens with one attached hydrogen (secondary N) is 3. The number of rotatable bonds is 6. The minimum Gasteiger partial charge on any atom is -0.314 e. The van der Waals surface area contributed by atoms with Gasteiger partial charge in [0.25, 0.3) is 0 Å². The van der Waals surface area contributed by atoms with Gasteiger partial charge in [0.1, 0.15) is 4.90 Å². The summed E-state index contributed by atoms with van der Waals surface area (Å²) in [6.07, 6.45) is 0. The van der Waals surface area contributed by atoms with Crippen LogP contribution in [-0.2, 0) is 23.1 Å². The van der Waals surface area contributed by atoms with Crippen LogP contribution in [0.4, 0.5) is 0 Å². The van der Waals surface area contributed by atoms with Gasteiger partial charge in [-0.2, -0.15) is 5.10 Å². The number of sulfonamides is 1. The van der Waals surface area contributed by atoms with Gasteiger partial charge in [-0.15, -0.1) is 0 Å². The third-order valence-corrected chi connectivity index (χ3v) is 4.89. The molecular formula is C14H20N4O2S. The Bertz CT molecular complexity index is 722. The van der Waals surface area contributed by atoms with Crippen molar-refractivity contribution in [1.29, 1.82) is 0 Å². The van der Waals surface area contributed by atoms with Crippen LogP contribution in [0.3, 0.4) is 0 Å². The van der Waals surface area contributed by atoms with Crippen LogP contribution in [-0.4, -0.2) is 25.7 Å². The molecular weight excluding hydrogens is 288 g/mol. The van der Waals surface area contributed by atoms with Gasteiger partial charge in [0, 0.05) is 13.1 Å². The minimum atomic E-state index is -3.60. The highest BCUT2D eigenvalue weighted by Crippen LogP contribution is 2.18. The minimum absolute atomic E-state index is 0.227. The van der Waals surface area contributed by atoms with Crippen molar-refractivity contribution in [3.63, 3.8) is 0 Å². The van der Waals surface area contributed by atoms with Crippen molar-refractivity contribution in [2.24, 2.45) is 0 Å². The number of aryl methyl sites for hydroxylation is 2. The summed E-state index contributed by atoms with van der Waals surface area (Å²) in [5.41, 5.74) is 3.04. The van der Waals surface area contributed by atoms with Crippen LogP contribution in [0.5, 0.6) is 0 Å². The van der Waals surface area contributed by atoms with Gasteiger partial charge in [-0.05, 0) is 32.0 Å². The van der Waals surface area contributed by atoms with Crippen LogP contribution in [0.1, 0.15) is 22.5 Å². The Balaban J connectivity index is 2.23. The topological polar surface area (TPSA) is 86.9 Å². The molecule has 2 rings (SSSR count). The van der Waals surface area contributed by atoms with E-state index in [1.165, 1.54) is 0 Å². The predicted octanol–water partition coefficient (Wildman–Crippen LogP) is 1.22. The summed E-state index contributed by atoms with van der Waals surface area (Å²) in [5, 5.41) is 9.68. The number of H-pyrrole nitrogens is 1. The largest absolute Gasteiger partial charge is 0.314 e. The first kappa shape index (κ1) is 15.7. The van der Waals surface area contributed by atoms with Crippen molar-refractivity contribution in [1.82, 2.24) is 20.2 Å². The Morgan fingerprint density at radius 3 is 2.57 bits per heavy atom. The molecule has 2 aromatic rings. The highest BCUT2D eigenvalue weighted by atomic mass is 32.2. The maximum absolute atomic E-state index is 12.5. The molecule has 7 heteroatoms. The van der Waals surface area contributed by atoms with Gasteiger partial charge in [0.15, 0.2) is 0 Å². The molecule has 1 aromatic carbocycles. The zero-order chi connectivity index (χ0) is 15.5. The molecule has 0 radical (unpaired) electrons. The molecule has 6 nitrogen and oxygen atoms in total. The molecule has 1 aromatic heterocycles. The van der Waals surface area contributed by atoms with Crippen LogP contribution >= 0.6 is 0 Å². The van der Waals surface area contributed by atoms with E-state index in [4.69, 9.17) is 0 Å². The average molecular weight is 308 g/mol. The van der Waals surface area contributed by atoms with Gasteiger partial charge in [0.2, 0.25) is 10.0 Å². The van der Waals surface area contributed by atoms with E-state index in [0.717, 1.165) is 11.1 Å². The summed E-state index contributed by atoms with van der Waals surface area (Å²) < 4.78 is 27.6. The normalized spacial score (nSPS) is 11.8. The molecule has 0 spiro atoms. The first-order chi connectivity index (χ1) is 9.95. The molecule has 3 N–H and O–H groups in total. The van der Waals surface area contributed by atoms with Gasteiger partial charge in [-0.1, -0.05) is 24.3 Å². The first-order valence-electron chi connectivity index (χ1n) is 6.68. The molecule has 0 saturated heterocycles. The van der Waals surface area contributed by atoms with E-state index in [1.54, 1.807) is 14.0 Å². The van der Waals surface area contributed by atoms with Crippen LogP contribution < -0.4 is 10.0 Å². The molecule has 1 heterocycles. The van der Waals surface area contributed by atoms with Crippen LogP contribution in [0.25, 0.3) is 0 Å². The number of hydrogen-bond donors (Lipinski definition) is 3. The standard InChI is InChI=1S/C14H20N4O2S/c1-10-6-4-5-7-12(10)8-16-21(19,20)14-11(2)17-18-13(14)9-15-3/h4-7,15-16H,8-9H2,1-3H3,(H,17,18). The zero-order valence-electron chi connectivity index (χ0n) is 12.4. The molecule has 114 valence electrons. The lowest BCUT2D eigenvalue weighted by Crippen LogP contribution is -2.25. The first-order valence-corrected chi connectivity index (χ1v) is 8.16. The van der Waals surface area contributed by atoms with Gasteiger partial charge in [-0.3, -0.25) is 5.10 Å². The van der Waals surface area contributed by atoms with Crippen molar-refractivity contribution < 1.29 is 8.42 Å². The summed E-state index contributed by atoms with van der Waals surface area (Å²) >= 11 is 0. The lowest BCUT2D eigenvalue weighted by Gasteiger charge is -2.09. The van der Waals surface area contributed by atoms with Gasteiger partial charge >= 0.3 is 0 Å². The Morgan fingerprint density at radius 2 is 1.90 bits per heavy atom. The molecule has 0 fully saturated rings. The molecule has 0 aliphatic heterocycles. The van der Waals surface area contributed by atoms with Crippen LogP contribution in [0, 0.1) is 13.8 Å². The number of nitrogens with zero attached hydrogens (tertiary/aromatic N) is 1. The Kier molecular flexibility index (Phi) is 4.76. The maximum Gasteiger partial charge on any atom is 0.244 e. The number of aromatic nitrogens is 2. The van der Waals surface area contributed by atoms with E-state index in [1.807, 2.05) is 31.2 Å². The second kappa shape index (κ2) is 6.38. The van der Waals surface area contributed by atoms with E-state index >= 15 is 0 Å². The third kappa shape index (κ3) is 3.49. The molecule has 0 aliphatic carbocycles. The molecule has 0 aliphatic rings. The predicted molar refractivity (Wildman–Crippen MR) is 81.3 cm³/mol. The van der Waals surface area contributed by atoms with Crippen LogP contribution in [0.15, 0.2) is 29.2 Å². The lowest BCUT2D eigenvalue weighted by molar-refractivity contribution is 0.578. The highest BCUT2D eigenvalue weighted by molar-refractivity contribution is 7.89. The summed E-state index contributed by atoms with van der Waals surface area (Å²) in [7, 11) is -1.85. The van der Waals surface area contributed by atoms with E-state index in [2.05, 4.69) is 20.2 Å². The fourth-order valence-electron chi connectivity index (χ4n) is 2.17. The fraction of sp³-hybridized carbons (Fsp3) is 0.357. The number of hydrogen-bond acceptors (Lipinski definition) is 4. The second-order valence-corrected chi connectivity index (χ2v) is 6.61. The third-order valence-electron chi connectivity index (χ3n) is 3.29. The fourth-order valence-corrected chi connectivity index (χ4v) is 3.53. The summed E-state index contributed by atoms with van der Waals surface area (Å²) in [6.45, 7) is 4.32. The van der Waals surface area contributed by atoms with Gasteiger partial charge in [-0.25, -0.2) is 13.1 Å². The van der Waals surface area contributed by atoms with Crippen molar-refractivity contribution >= 4 is 10.0 Å². The second-order valence-electron chi connectivity index (χ2n) is 4.91. The quantitative estimate of drug-likeness (QED) is 0.749. The van der Waals surface area contributed by atoms with E-state index in [9.17, 15) is 8.42 Å². The van der Waals surface area contributed by atoms with Crippen molar-refractivity contribution in [3.8, 4) is 0 Å². The summed E-state index contributed by atoms with van der Waals surface area (Å²) in [6, 6.07) is 7.69. The number of benzene rings is 1. The molecule has 0 amide bonds. The van der Waals surface area contributed by atoms with Gasteiger partial charge < -0.3 is 5.32 Å². The van der Waals surface area contributed by atoms with Crippen LogP contribution in [0.2, 0.25) is 0 Å². The smallest absolute Gasteiger partial charge is 0.244 e. The summed E-state index contributed by atoms with van der Waals surface area (Å²) in [5.74, 6) is 0. The molecule has 0 bridgehead atoms. The Hall–Kier alpha value is -1.70. The van der Waals surface area contributed by atoms with E-state index in [-0.39, 0.29) is 11.4 Å². The van der Waals surface area contributed by atoms with E-state index in [0.29, 0.717) is 17.9 Å². The molecule has 21 heavy (non-hydrogen) atoms. The Morgan fingerprint density at radius 1 is 1.19 bits per heavy atom. The monoisotopic (exact) mass is 308 g/mol. The van der Waals surface area contributed by atoms with E-state index < -0.39 is 10.0 Å². The average Bonchev–Trinajstić information content (AvgIpc) is 2.80. The summed E-state index contributed by atoms with van der Waals surface area (Å²) in [4.78, 5) is 0.227. The molecule has 0 saturated carbocycles. The SMILES string of the molecule is CNCc1n[nH]c(C)c1S(=O)(=O)NCc1ccccc1C. The maximum atomic E-state index is 12.5. The van der Waals surface area contributed by atoms with Crippen molar-refractivity contribution in [3.05, 3.63) is 46.8 Å².